The highest BCUT2D eigenvalue weighted by molar-refractivity contribution is 5.28. The Kier molecular flexibility index (Phi) is 3.32. The molecule has 2 saturated carbocycles. The standard InChI is InChI=1S/C16H17F2N3O/c17-14(18)15-20-21-16(22-15)19-13-8-10-6-11(13)7-12(10)9-4-2-1-3-5-9/h1-5,10-14H,6-8H2,(H,19,21)/t10-,11-,12+,13-/m1/s1. The van der Waals surface area contributed by atoms with Crippen molar-refractivity contribution in [3.63, 3.8) is 0 Å². The van der Waals surface area contributed by atoms with Gasteiger partial charge in [-0.2, -0.15) is 8.78 Å². The Morgan fingerprint density at radius 3 is 2.50 bits per heavy atom. The molecule has 0 amide bonds. The molecule has 2 aliphatic carbocycles. The summed E-state index contributed by atoms with van der Waals surface area (Å²) in [5.41, 5.74) is 1.41. The van der Waals surface area contributed by atoms with Crippen molar-refractivity contribution in [3.8, 4) is 0 Å². The molecule has 0 saturated heterocycles. The van der Waals surface area contributed by atoms with Crippen LogP contribution in [0.4, 0.5) is 14.8 Å². The third-order valence-electron chi connectivity index (χ3n) is 5.02. The average molecular weight is 305 g/mol. The van der Waals surface area contributed by atoms with Gasteiger partial charge in [-0.15, -0.1) is 5.10 Å². The molecule has 0 unspecified atom stereocenters. The number of hydrogen-bond donors (Lipinski definition) is 1. The number of halogens is 2. The predicted molar refractivity (Wildman–Crippen MR) is 76.7 cm³/mol. The summed E-state index contributed by atoms with van der Waals surface area (Å²) in [5, 5.41) is 10.2. The summed E-state index contributed by atoms with van der Waals surface area (Å²) in [7, 11) is 0. The quantitative estimate of drug-likeness (QED) is 0.927. The lowest BCUT2D eigenvalue weighted by Crippen LogP contribution is -2.28. The van der Waals surface area contributed by atoms with E-state index in [1.54, 1.807) is 0 Å². The van der Waals surface area contributed by atoms with Crippen molar-refractivity contribution in [1.29, 1.82) is 0 Å². The van der Waals surface area contributed by atoms with E-state index in [0.717, 1.165) is 12.8 Å². The van der Waals surface area contributed by atoms with Gasteiger partial charge in [-0.25, -0.2) is 0 Å². The molecule has 0 spiro atoms. The Labute approximate surface area is 126 Å². The minimum absolute atomic E-state index is 0.115. The number of benzene rings is 1. The molecule has 4 nitrogen and oxygen atoms in total. The molecular formula is C16H17F2N3O. The largest absolute Gasteiger partial charge is 0.402 e. The van der Waals surface area contributed by atoms with Crippen molar-refractivity contribution in [2.45, 2.75) is 37.6 Å². The van der Waals surface area contributed by atoms with Gasteiger partial charge in [0.15, 0.2) is 0 Å². The Balaban J connectivity index is 1.41. The average Bonchev–Trinajstić information content (AvgIpc) is 3.23. The highest BCUT2D eigenvalue weighted by atomic mass is 19.3. The molecular weight excluding hydrogens is 288 g/mol. The number of aromatic nitrogens is 2. The second-order valence-electron chi connectivity index (χ2n) is 6.24. The molecule has 116 valence electrons. The van der Waals surface area contributed by atoms with Crippen LogP contribution >= 0.6 is 0 Å². The van der Waals surface area contributed by atoms with Gasteiger partial charge in [0, 0.05) is 6.04 Å². The molecule has 4 rings (SSSR count). The van der Waals surface area contributed by atoms with Crippen molar-refractivity contribution in [2.75, 3.05) is 5.32 Å². The van der Waals surface area contributed by atoms with Gasteiger partial charge in [-0.3, -0.25) is 0 Å². The van der Waals surface area contributed by atoms with Crippen LogP contribution < -0.4 is 5.32 Å². The van der Waals surface area contributed by atoms with Gasteiger partial charge in [-0.05, 0) is 42.6 Å². The molecule has 1 aromatic heterocycles. The van der Waals surface area contributed by atoms with Crippen LogP contribution in [-0.2, 0) is 0 Å². The molecule has 2 aromatic rings. The van der Waals surface area contributed by atoms with Crippen LogP contribution in [0.15, 0.2) is 34.7 Å². The minimum atomic E-state index is -2.72. The number of rotatable bonds is 4. The molecule has 0 aliphatic heterocycles. The van der Waals surface area contributed by atoms with E-state index < -0.39 is 12.3 Å². The van der Waals surface area contributed by atoms with Crippen LogP contribution in [-0.4, -0.2) is 16.2 Å². The van der Waals surface area contributed by atoms with E-state index in [9.17, 15) is 8.78 Å². The topological polar surface area (TPSA) is 51.0 Å². The maximum absolute atomic E-state index is 12.5. The van der Waals surface area contributed by atoms with Gasteiger partial charge >= 0.3 is 12.4 Å². The molecule has 1 N–H and O–H groups in total. The van der Waals surface area contributed by atoms with E-state index in [4.69, 9.17) is 4.42 Å². The second-order valence-corrected chi connectivity index (χ2v) is 6.24. The smallest absolute Gasteiger partial charge is 0.315 e. The normalized spacial score (nSPS) is 30.1. The van der Waals surface area contributed by atoms with E-state index in [1.165, 1.54) is 12.0 Å². The number of fused-ring (bicyclic) bond motifs is 2. The van der Waals surface area contributed by atoms with Gasteiger partial charge in [0.1, 0.15) is 0 Å². The fraction of sp³-hybridized carbons (Fsp3) is 0.500. The zero-order chi connectivity index (χ0) is 15.1. The van der Waals surface area contributed by atoms with Crippen LogP contribution in [0.5, 0.6) is 0 Å². The number of nitrogens with one attached hydrogen (secondary N) is 1. The monoisotopic (exact) mass is 305 g/mol. The van der Waals surface area contributed by atoms with Crippen LogP contribution in [0.3, 0.4) is 0 Å². The molecule has 6 heteroatoms. The Hall–Kier alpha value is -1.98. The zero-order valence-electron chi connectivity index (χ0n) is 12.0. The van der Waals surface area contributed by atoms with Crippen LogP contribution in [0, 0.1) is 11.8 Å². The lowest BCUT2D eigenvalue weighted by atomic mass is 9.81. The van der Waals surface area contributed by atoms with E-state index in [-0.39, 0.29) is 12.1 Å². The number of anilines is 1. The van der Waals surface area contributed by atoms with E-state index in [0.29, 0.717) is 17.8 Å². The summed E-state index contributed by atoms with van der Waals surface area (Å²) >= 11 is 0. The Bertz CT molecular complexity index is 646. The van der Waals surface area contributed by atoms with E-state index in [1.807, 2.05) is 6.07 Å². The van der Waals surface area contributed by atoms with E-state index in [2.05, 4.69) is 39.8 Å². The minimum Gasteiger partial charge on any atom is -0.402 e. The Morgan fingerprint density at radius 1 is 1.05 bits per heavy atom. The number of nitrogens with zero attached hydrogens (tertiary/aromatic N) is 2. The van der Waals surface area contributed by atoms with Gasteiger partial charge in [-0.1, -0.05) is 35.4 Å². The Morgan fingerprint density at radius 2 is 1.86 bits per heavy atom. The van der Waals surface area contributed by atoms with Gasteiger partial charge < -0.3 is 9.73 Å². The molecule has 2 aliphatic rings. The molecule has 2 bridgehead atoms. The van der Waals surface area contributed by atoms with Crippen molar-refractivity contribution >= 4 is 6.01 Å². The summed E-state index contributed by atoms with van der Waals surface area (Å²) in [6, 6.07) is 11.0. The summed E-state index contributed by atoms with van der Waals surface area (Å²) in [6.45, 7) is 0. The first kappa shape index (κ1) is 13.7. The lowest BCUT2D eigenvalue weighted by Gasteiger charge is -2.28. The van der Waals surface area contributed by atoms with Gasteiger partial charge in [0.25, 0.3) is 5.89 Å². The molecule has 0 radical (unpaired) electrons. The highest BCUT2D eigenvalue weighted by Gasteiger charge is 2.46. The summed E-state index contributed by atoms with van der Waals surface area (Å²) in [5.74, 6) is 1.18. The molecule has 1 heterocycles. The summed E-state index contributed by atoms with van der Waals surface area (Å²) < 4.78 is 29.9. The summed E-state index contributed by atoms with van der Waals surface area (Å²) in [6.07, 6.45) is 0.608. The first-order valence-corrected chi connectivity index (χ1v) is 7.63. The van der Waals surface area contributed by atoms with E-state index >= 15 is 0 Å². The fourth-order valence-electron chi connectivity index (χ4n) is 4.10. The van der Waals surface area contributed by atoms with Gasteiger partial charge in [0.2, 0.25) is 0 Å². The van der Waals surface area contributed by atoms with Crippen molar-refractivity contribution in [3.05, 3.63) is 41.8 Å². The SMILES string of the molecule is FC(F)c1nnc(N[C@@H]2C[C@H]3C[C@@H]2C[C@H]3c2ccccc2)o1. The van der Waals surface area contributed by atoms with Crippen molar-refractivity contribution in [2.24, 2.45) is 11.8 Å². The summed E-state index contributed by atoms with van der Waals surface area (Å²) in [4.78, 5) is 0. The third-order valence-corrected chi connectivity index (χ3v) is 5.02. The molecule has 4 atom stereocenters. The fourth-order valence-corrected chi connectivity index (χ4v) is 4.10. The first-order chi connectivity index (χ1) is 10.7. The maximum Gasteiger partial charge on any atom is 0.315 e. The lowest BCUT2D eigenvalue weighted by molar-refractivity contribution is 0.116. The van der Waals surface area contributed by atoms with Crippen molar-refractivity contribution < 1.29 is 13.2 Å². The predicted octanol–water partition coefficient (Wildman–Crippen LogP) is 4.00. The van der Waals surface area contributed by atoms with Crippen molar-refractivity contribution in [1.82, 2.24) is 10.2 Å². The first-order valence-electron chi connectivity index (χ1n) is 7.63. The molecule has 1 aromatic carbocycles. The molecule has 2 fully saturated rings. The van der Waals surface area contributed by atoms with Crippen LogP contribution in [0.1, 0.15) is 43.1 Å². The maximum atomic E-state index is 12.5. The third kappa shape index (κ3) is 2.36. The zero-order valence-corrected chi connectivity index (χ0v) is 12.0. The van der Waals surface area contributed by atoms with Crippen LogP contribution in [0.2, 0.25) is 0 Å². The number of hydrogen-bond acceptors (Lipinski definition) is 4. The van der Waals surface area contributed by atoms with Crippen LogP contribution in [0.25, 0.3) is 0 Å². The number of alkyl halides is 2. The second kappa shape index (κ2) is 5.34. The highest BCUT2D eigenvalue weighted by Crippen LogP contribution is 2.53. The molecule has 22 heavy (non-hydrogen) atoms. The van der Waals surface area contributed by atoms with Gasteiger partial charge in [0.05, 0.1) is 0 Å².